The fraction of sp³-hybridized carbons (Fsp3) is 0.550. The topological polar surface area (TPSA) is 70.2 Å². The van der Waals surface area contributed by atoms with Gasteiger partial charge in [0.05, 0.1) is 6.54 Å². The van der Waals surface area contributed by atoms with Crippen LogP contribution in [0.4, 0.5) is 0 Å². The van der Waals surface area contributed by atoms with E-state index >= 15 is 0 Å². The van der Waals surface area contributed by atoms with E-state index in [9.17, 15) is 14.4 Å². The third-order valence-corrected chi connectivity index (χ3v) is 5.26. The summed E-state index contributed by atoms with van der Waals surface area (Å²) in [4.78, 5) is 40.9. The zero-order valence-corrected chi connectivity index (χ0v) is 16.1. The summed E-state index contributed by atoms with van der Waals surface area (Å²) in [6, 6.07) is 5.96. The van der Waals surface area contributed by atoms with Gasteiger partial charge < -0.3 is 19.4 Å². The van der Waals surface area contributed by atoms with Gasteiger partial charge in [-0.3, -0.25) is 14.4 Å². The molecule has 0 unspecified atom stereocenters. The van der Waals surface area contributed by atoms with Gasteiger partial charge in [0.1, 0.15) is 12.4 Å². The monoisotopic (exact) mass is 373 g/mol. The fourth-order valence-corrected chi connectivity index (χ4v) is 3.55. The van der Waals surface area contributed by atoms with Crippen molar-refractivity contribution in [2.24, 2.45) is 0 Å². The Balaban J connectivity index is 1.56. The van der Waals surface area contributed by atoms with E-state index in [0.29, 0.717) is 58.7 Å². The molecule has 0 saturated carbocycles. The maximum absolute atomic E-state index is 12.5. The number of hydrogen-bond donors (Lipinski definition) is 0. The number of amides is 3. The van der Waals surface area contributed by atoms with Crippen LogP contribution in [-0.4, -0.2) is 71.8 Å². The van der Waals surface area contributed by atoms with Gasteiger partial charge in [0.25, 0.3) is 0 Å². The lowest BCUT2D eigenvalue weighted by atomic mass is 10.0. The molecule has 2 aliphatic rings. The predicted octanol–water partition coefficient (Wildman–Crippen LogP) is 1.05. The van der Waals surface area contributed by atoms with Crippen LogP contribution in [-0.2, 0) is 27.3 Å². The number of nitrogens with zero attached hydrogens (tertiary/aromatic N) is 3. The Morgan fingerprint density at radius 3 is 2.26 bits per heavy atom. The van der Waals surface area contributed by atoms with Gasteiger partial charge in [-0.15, -0.1) is 0 Å². The second-order valence-corrected chi connectivity index (χ2v) is 7.12. The van der Waals surface area contributed by atoms with Gasteiger partial charge in [-0.2, -0.15) is 0 Å². The molecule has 146 valence electrons. The summed E-state index contributed by atoms with van der Waals surface area (Å²) >= 11 is 0. The molecule has 3 amide bonds. The highest BCUT2D eigenvalue weighted by Gasteiger charge is 2.22. The molecule has 0 atom stereocenters. The molecule has 3 rings (SSSR count). The molecule has 2 heterocycles. The molecule has 7 nitrogen and oxygen atoms in total. The smallest absolute Gasteiger partial charge is 0.223 e. The van der Waals surface area contributed by atoms with Crippen molar-refractivity contribution in [1.29, 1.82) is 0 Å². The molecule has 0 N–H and O–H groups in total. The molecule has 2 aliphatic heterocycles. The van der Waals surface area contributed by atoms with Crippen molar-refractivity contribution in [2.75, 3.05) is 39.3 Å². The van der Waals surface area contributed by atoms with Gasteiger partial charge in [0, 0.05) is 58.6 Å². The minimum atomic E-state index is 0.0386. The van der Waals surface area contributed by atoms with Crippen molar-refractivity contribution < 1.29 is 19.1 Å². The summed E-state index contributed by atoms with van der Waals surface area (Å²) in [6.07, 6.45) is 1.09. The van der Waals surface area contributed by atoms with Crippen molar-refractivity contribution in [3.05, 3.63) is 29.3 Å². The van der Waals surface area contributed by atoms with Crippen LogP contribution in [0.5, 0.6) is 5.75 Å². The second-order valence-electron chi connectivity index (χ2n) is 7.12. The summed E-state index contributed by atoms with van der Waals surface area (Å²) in [6.45, 7) is 7.18. The van der Waals surface area contributed by atoms with Crippen molar-refractivity contribution in [1.82, 2.24) is 14.7 Å². The first-order chi connectivity index (χ1) is 12.9. The van der Waals surface area contributed by atoms with E-state index in [2.05, 4.69) is 0 Å². The van der Waals surface area contributed by atoms with Gasteiger partial charge in [0.2, 0.25) is 17.7 Å². The lowest BCUT2D eigenvalue weighted by molar-refractivity contribution is -0.138. The van der Waals surface area contributed by atoms with E-state index in [1.165, 1.54) is 0 Å². The van der Waals surface area contributed by atoms with Crippen LogP contribution >= 0.6 is 0 Å². The third kappa shape index (κ3) is 4.78. The van der Waals surface area contributed by atoms with E-state index in [1.807, 2.05) is 23.1 Å². The molecular formula is C20H27N3O4. The van der Waals surface area contributed by atoms with Gasteiger partial charge >= 0.3 is 0 Å². The van der Waals surface area contributed by atoms with Gasteiger partial charge in [0.15, 0.2) is 0 Å². The largest absolute Gasteiger partial charge is 0.491 e. The van der Waals surface area contributed by atoms with Crippen LogP contribution in [0.3, 0.4) is 0 Å². The number of hydrogen-bond acceptors (Lipinski definition) is 4. The molecule has 0 aliphatic carbocycles. The molecule has 7 heteroatoms. The van der Waals surface area contributed by atoms with E-state index < -0.39 is 0 Å². The standard InChI is InChI=1S/C20H27N3O4/c1-15(24)21-7-9-22(10-8-21)20(26)6-4-17-3-5-19-18(13-17)14-23(16(2)25)11-12-27-19/h3,5,13H,4,6-12,14H2,1-2H3. The molecule has 1 aromatic rings. The molecular weight excluding hydrogens is 346 g/mol. The normalized spacial score (nSPS) is 17.0. The highest BCUT2D eigenvalue weighted by Crippen LogP contribution is 2.25. The number of ether oxygens (including phenoxy) is 1. The quantitative estimate of drug-likeness (QED) is 0.794. The minimum absolute atomic E-state index is 0.0386. The molecule has 1 saturated heterocycles. The zero-order chi connectivity index (χ0) is 19.4. The molecule has 0 bridgehead atoms. The maximum atomic E-state index is 12.5. The number of fused-ring (bicyclic) bond motifs is 1. The van der Waals surface area contributed by atoms with Gasteiger partial charge in [-0.05, 0) is 18.1 Å². The zero-order valence-electron chi connectivity index (χ0n) is 16.1. The van der Waals surface area contributed by atoms with Crippen LogP contribution in [0.2, 0.25) is 0 Å². The SMILES string of the molecule is CC(=O)N1CCN(C(=O)CCc2ccc3c(c2)CN(C(C)=O)CCO3)CC1. The third-order valence-electron chi connectivity index (χ3n) is 5.26. The Bertz CT molecular complexity index is 726. The van der Waals surface area contributed by atoms with Gasteiger partial charge in [-0.1, -0.05) is 12.1 Å². The Labute approximate surface area is 159 Å². The fourth-order valence-electron chi connectivity index (χ4n) is 3.55. The molecule has 1 fully saturated rings. The summed E-state index contributed by atoms with van der Waals surface area (Å²) < 4.78 is 5.73. The summed E-state index contributed by atoms with van der Waals surface area (Å²) in [7, 11) is 0. The molecule has 1 aromatic carbocycles. The van der Waals surface area contributed by atoms with Crippen LogP contribution in [0, 0.1) is 0 Å². The molecule has 0 aromatic heterocycles. The van der Waals surface area contributed by atoms with Crippen molar-refractivity contribution in [2.45, 2.75) is 33.2 Å². The number of carbonyl (C=O) groups is 3. The highest BCUT2D eigenvalue weighted by atomic mass is 16.5. The Hall–Kier alpha value is -2.57. The summed E-state index contributed by atoms with van der Waals surface area (Å²) in [5.41, 5.74) is 2.06. The Morgan fingerprint density at radius 1 is 0.926 bits per heavy atom. The highest BCUT2D eigenvalue weighted by molar-refractivity contribution is 5.77. The first kappa shape index (κ1) is 19.2. The van der Waals surface area contributed by atoms with Crippen LogP contribution in [0.15, 0.2) is 18.2 Å². The molecule has 0 radical (unpaired) electrons. The maximum Gasteiger partial charge on any atom is 0.223 e. The van der Waals surface area contributed by atoms with Crippen LogP contribution in [0.25, 0.3) is 0 Å². The van der Waals surface area contributed by atoms with E-state index in [4.69, 9.17) is 4.74 Å². The van der Waals surface area contributed by atoms with Crippen LogP contribution < -0.4 is 4.74 Å². The first-order valence-corrected chi connectivity index (χ1v) is 9.47. The number of carbonyl (C=O) groups excluding carboxylic acids is 3. The lowest BCUT2D eigenvalue weighted by Crippen LogP contribution is -2.50. The Kier molecular flexibility index (Phi) is 5.98. The van der Waals surface area contributed by atoms with Crippen molar-refractivity contribution in [3.8, 4) is 5.75 Å². The number of benzene rings is 1. The van der Waals surface area contributed by atoms with E-state index in [-0.39, 0.29) is 17.7 Å². The second kappa shape index (κ2) is 8.41. The number of piperazine rings is 1. The van der Waals surface area contributed by atoms with E-state index in [1.54, 1.807) is 23.6 Å². The molecule has 27 heavy (non-hydrogen) atoms. The van der Waals surface area contributed by atoms with Crippen molar-refractivity contribution in [3.63, 3.8) is 0 Å². The first-order valence-electron chi connectivity index (χ1n) is 9.47. The minimum Gasteiger partial charge on any atom is -0.491 e. The van der Waals surface area contributed by atoms with Crippen LogP contribution in [0.1, 0.15) is 31.4 Å². The Morgan fingerprint density at radius 2 is 1.59 bits per heavy atom. The number of rotatable bonds is 3. The summed E-state index contributed by atoms with van der Waals surface area (Å²) in [5, 5.41) is 0. The lowest BCUT2D eigenvalue weighted by Gasteiger charge is -2.34. The summed E-state index contributed by atoms with van der Waals surface area (Å²) in [5.74, 6) is 1.04. The van der Waals surface area contributed by atoms with E-state index in [0.717, 1.165) is 16.9 Å². The molecule has 0 spiro atoms. The number of aryl methyl sites for hydroxylation is 1. The average molecular weight is 373 g/mol. The van der Waals surface area contributed by atoms with Gasteiger partial charge in [-0.25, -0.2) is 0 Å². The predicted molar refractivity (Wildman–Crippen MR) is 100 cm³/mol. The average Bonchev–Trinajstić information content (AvgIpc) is 2.88. The van der Waals surface area contributed by atoms with Crippen molar-refractivity contribution >= 4 is 17.7 Å².